The van der Waals surface area contributed by atoms with Gasteiger partial charge in [-0.15, -0.1) is 0 Å². The summed E-state index contributed by atoms with van der Waals surface area (Å²) in [5.74, 6) is 0.902. The first-order valence-electron chi connectivity index (χ1n) is 8.36. The van der Waals surface area contributed by atoms with E-state index in [0.29, 0.717) is 6.61 Å². The van der Waals surface area contributed by atoms with Gasteiger partial charge in [0.05, 0.1) is 0 Å². The summed E-state index contributed by atoms with van der Waals surface area (Å²) in [5, 5.41) is 8.66. The van der Waals surface area contributed by atoms with E-state index in [2.05, 4.69) is 24.3 Å². The second kappa shape index (κ2) is 12.5. The molecular formula is C18H32O. The van der Waals surface area contributed by atoms with Gasteiger partial charge >= 0.3 is 0 Å². The molecule has 1 nitrogen and oxygen atoms in total. The molecule has 0 spiro atoms. The van der Waals surface area contributed by atoms with E-state index < -0.39 is 0 Å². The summed E-state index contributed by atoms with van der Waals surface area (Å²) >= 11 is 0. The lowest BCUT2D eigenvalue weighted by Gasteiger charge is -2.06. The molecular weight excluding hydrogens is 232 g/mol. The molecule has 19 heavy (non-hydrogen) atoms. The van der Waals surface area contributed by atoms with E-state index in [4.69, 9.17) is 5.11 Å². The highest BCUT2D eigenvalue weighted by atomic mass is 16.2. The predicted octanol–water partition coefficient (Wildman–Crippen LogP) is 5.40. The van der Waals surface area contributed by atoms with Crippen LogP contribution in [0.3, 0.4) is 0 Å². The van der Waals surface area contributed by atoms with Gasteiger partial charge in [0.1, 0.15) is 0 Å². The molecule has 1 aliphatic carbocycles. The van der Waals surface area contributed by atoms with Crippen molar-refractivity contribution in [3.05, 3.63) is 24.3 Å². The Morgan fingerprint density at radius 2 is 1.58 bits per heavy atom. The second-order valence-electron chi connectivity index (χ2n) is 5.80. The van der Waals surface area contributed by atoms with Crippen molar-refractivity contribution >= 4 is 0 Å². The van der Waals surface area contributed by atoms with Crippen molar-refractivity contribution in [2.45, 2.75) is 77.0 Å². The monoisotopic (exact) mass is 264 g/mol. The van der Waals surface area contributed by atoms with Crippen LogP contribution >= 0.6 is 0 Å². The van der Waals surface area contributed by atoms with E-state index in [1.54, 1.807) is 0 Å². The van der Waals surface area contributed by atoms with Crippen LogP contribution in [0.5, 0.6) is 0 Å². The summed E-state index contributed by atoms with van der Waals surface area (Å²) in [6.45, 7) is 0.348. The number of hydrogen-bond donors (Lipinski definition) is 1. The third kappa shape index (κ3) is 9.95. The molecule has 0 fully saturated rings. The Morgan fingerprint density at radius 1 is 0.895 bits per heavy atom. The van der Waals surface area contributed by atoms with Gasteiger partial charge in [-0.2, -0.15) is 0 Å². The molecule has 1 rings (SSSR count). The summed E-state index contributed by atoms with van der Waals surface area (Å²) < 4.78 is 0. The van der Waals surface area contributed by atoms with Gasteiger partial charge in [0, 0.05) is 6.61 Å². The lowest BCUT2D eigenvalue weighted by atomic mass is 10.00. The summed E-state index contributed by atoms with van der Waals surface area (Å²) in [6, 6.07) is 0. The molecule has 0 aromatic carbocycles. The van der Waals surface area contributed by atoms with Crippen LogP contribution in [0.4, 0.5) is 0 Å². The molecule has 1 aliphatic rings. The van der Waals surface area contributed by atoms with Crippen molar-refractivity contribution < 1.29 is 5.11 Å². The Balaban J connectivity index is 1.75. The van der Waals surface area contributed by atoms with Crippen LogP contribution in [0.1, 0.15) is 77.0 Å². The zero-order valence-electron chi connectivity index (χ0n) is 12.5. The Labute approximate surface area is 119 Å². The van der Waals surface area contributed by atoms with Crippen LogP contribution in [0.15, 0.2) is 24.3 Å². The topological polar surface area (TPSA) is 20.2 Å². The van der Waals surface area contributed by atoms with Gasteiger partial charge in [-0.1, -0.05) is 50.0 Å². The normalized spacial score (nSPS) is 18.7. The highest BCUT2D eigenvalue weighted by Crippen LogP contribution is 2.23. The number of aliphatic hydroxyl groups excluding tert-OH is 1. The van der Waals surface area contributed by atoms with Crippen molar-refractivity contribution in [1.82, 2.24) is 0 Å². The number of hydrogen-bond acceptors (Lipinski definition) is 1. The standard InChI is InChI=1S/C18H32O/c19-17-13-9-7-5-3-1-2-4-6-8-10-14-18-15-11-12-16-18/h1,3,11,15,18-19H,2,4-10,12-14,16-17H2/b3-1+. The number of unbranched alkanes of at least 4 members (excludes halogenated alkanes) is 7. The Morgan fingerprint density at radius 3 is 2.21 bits per heavy atom. The van der Waals surface area contributed by atoms with Gasteiger partial charge in [-0.3, -0.25) is 0 Å². The summed E-state index contributed by atoms with van der Waals surface area (Å²) in [7, 11) is 0. The van der Waals surface area contributed by atoms with Crippen LogP contribution < -0.4 is 0 Å². The minimum Gasteiger partial charge on any atom is -0.396 e. The minimum atomic E-state index is 0.348. The van der Waals surface area contributed by atoms with E-state index in [9.17, 15) is 0 Å². The van der Waals surface area contributed by atoms with E-state index in [1.807, 2.05) is 0 Å². The number of aliphatic hydroxyl groups is 1. The molecule has 0 saturated heterocycles. The van der Waals surface area contributed by atoms with E-state index in [0.717, 1.165) is 18.8 Å². The van der Waals surface area contributed by atoms with E-state index in [-0.39, 0.29) is 0 Å². The van der Waals surface area contributed by atoms with Crippen molar-refractivity contribution in [2.24, 2.45) is 5.92 Å². The predicted molar refractivity (Wildman–Crippen MR) is 84.3 cm³/mol. The molecule has 1 heteroatoms. The molecule has 0 amide bonds. The quantitative estimate of drug-likeness (QED) is 0.369. The molecule has 1 unspecified atom stereocenters. The summed E-state index contributed by atoms with van der Waals surface area (Å²) in [4.78, 5) is 0. The first-order valence-corrected chi connectivity index (χ1v) is 8.36. The highest BCUT2D eigenvalue weighted by Gasteiger charge is 2.07. The van der Waals surface area contributed by atoms with Gasteiger partial charge in [0.15, 0.2) is 0 Å². The smallest absolute Gasteiger partial charge is 0.0431 e. The van der Waals surface area contributed by atoms with Crippen molar-refractivity contribution in [3.8, 4) is 0 Å². The lowest BCUT2D eigenvalue weighted by Crippen LogP contribution is -1.91. The number of allylic oxidation sites excluding steroid dienone is 4. The number of rotatable bonds is 12. The molecule has 110 valence electrons. The zero-order chi connectivity index (χ0) is 13.6. The molecule has 0 bridgehead atoms. The fourth-order valence-corrected chi connectivity index (χ4v) is 2.74. The van der Waals surface area contributed by atoms with Gasteiger partial charge in [0.2, 0.25) is 0 Å². The first kappa shape index (κ1) is 16.5. The van der Waals surface area contributed by atoms with Crippen LogP contribution in [0.25, 0.3) is 0 Å². The van der Waals surface area contributed by atoms with Crippen LogP contribution in [0, 0.1) is 5.92 Å². The zero-order valence-corrected chi connectivity index (χ0v) is 12.5. The van der Waals surface area contributed by atoms with Gasteiger partial charge in [0.25, 0.3) is 0 Å². The average molecular weight is 264 g/mol. The average Bonchev–Trinajstić information content (AvgIpc) is 2.93. The third-order valence-corrected chi connectivity index (χ3v) is 4.00. The van der Waals surface area contributed by atoms with Gasteiger partial charge in [-0.05, 0) is 57.3 Å². The van der Waals surface area contributed by atoms with E-state index >= 15 is 0 Å². The van der Waals surface area contributed by atoms with Gasteiger partial charge < -0.3 is 5.11 Å². The van der Waals surface area contributed by atoms with Crippen molar-refractivity contribution in [1.29, 1.82) is 0 Å². The van der Waals surface area contributed by atoms with Crippen LogP contribution in [0.2, 0.25) is 0 Å². The summed E-state index contributed by atoms with van der Waals surface area (Å²) in [6.07, 6.45) is 24.9. The summed E-state index contributed by atoms with van der Waals surface area (Å²) in [5.41, 5.74) is 0. The maximum absolute atomic E-state index is 8.66. The molecule has 0 aliphatic heterocycles. The van der Waals surface area contributed by atoms with Crippen LogP contribution in [-0.2, 0) is 0 Å². The van der Waals surface area contributed by atoms with E-state index in [1.165, 1.54) is 64.2 Å². The SMILES string of the molecule is OCCCCC/C=C/CCCCCCC1C=CCC1. The fourth-order valence-electron chi connectivity index (χ4n) is 2.74. The Bertz CT molecular complexity index is 242. The molecule has 0 heterocycles. The molecule has 1 atom stereocenters. The minimum absolute atomic E-state index is 0.348. The van der Waals surface area contributed by atoms with Gasteiger partial charge in [-0.25, -0.2) is 0 Å². The molecule has 0 aromatic rings. The fraction of sp³-hybridized carbons (Fsp3) is 0.778. The maximum atomic E-state index is 8.66. The van der Waals surface area contributed by atoms with Crippen molar-refractivity contribution in [2.75, 3.05) is 6.61 Å². The first-order chi connectivity index (χ1) is 9.43. The second-order valence-corrected chi connectivity index (χ2v) is 5.80. The largest absolute Gasteiger partial charge is 0.396 e. The molecule has 0 radical (unpaired) electrons. The molecule has 0 saturated carbocycles. The van der Waals surface area contributed by atoms with Crippen LogP contribution in [-0.4, -0.2) is 11.7 Å². The molecule has 0 aromatic heterocycles. The van der Waals surface area contributed by atoms with Crippen molar-refractivity contribution in [3.63, 3.8) is 0 Å². The maximum Gasteiger partial charge on any atom is 0.0431 e. The Hall–Kier alpha value is -0.560. The highest BCUT2D eigenvalue weighted by molar-refractivity contribution is 4.95. The third-order valence-electron chi connectivity index (χ3n) is 4.00. The molecule has 1 N–H and O–H groups in total. The Kier molecular flexibility index (Phi) is 10.8. The lowest BCUT2D eigenvalue weighted by molar-refractivity contribution is 0.283.